The number of nitrogens with one attached hydrogen (secondary N) is 4. The van der Waals surface area contributed by atoms with Gasteiger partial charge in [-0.05, 0) is 110 Å². The maximum Gasteiger partial charge on any atom is 0.299 e. The molecule has 3 aromatic heterocycles. The molecule has 0 saturated heterocycles. The Kier molecular flexibility index (Phi) is 13.0. The third-order valence-corrected chi connectivity index (χ3v) is 13.8. The highest BCUT2D eigenvalue weighted by atomic mass is 16.6. The van der Waals surface area contributed by atoms with Crippen LogP contribution in [0.15, 0.2) is 97.1 Å². The normalized spacial score (nSPS) is 12.6. The number of unbranched alkanes of at least 4 members (excludes halogenated alkanes) is 2. The summed E-state index contributed by atoms with van der Waals surface area (Å²) in [5.41, 5.74) is 3.64. The van der Waals surface area contributed by atoms with Gasteiger partial charge in [0.2, 0.25) is 0 Å². The monoisotopic (exact) mass is 946 g/mol. The molecule has 0 spiro atoms. The largest absolute Gasteiger partial charge is 0.350 e. The topological polar surface area (TPSA) is 246 Å². The van der Waals surface area contributed by atoms with E-state index < -0.39 is 42.4 Å². The number of hydrogen-bond donors (Lipinski definition) is 4. The van der Waals surface area contributed by atoms with Gasteiger partial charge in [0.25, 0.3) is 22.7 Å². The van der Waals surface area contributed by atoms with Crippen LogP contribution >= 0.6 is 0 Å². The predicted molar refractivity (Wildman–Crippen MR) is 277 cm³/mol. The van der Waals surface area contributed by atoms with Gasteiger partial charge >= 0.3 is 0 Å². The van der Waals surface area contributed by atoms with E-state index in [0.29, 0.717) is 47.0 Å². The fourth-order valence-electron chi connectivity index (χ4n) is 10.0. The minimum Gasteiger partial charge on any atom is -0.350 e. The van der Waals surface area contributed by atoms with Crippen molar-refractivity contribution in [3.05, 3.63) is 138 Å². The molecule has 70 heavy (non-hydrogen) atoms. The van der Waals surface area contributed by atoms with E-state index in [2.05, 4.69) is 56.8 Å². The molecular weight excluding hydrogens is 893 g/mol. The van der Waals surface area contributed by atoms with Crippen LogP contribution in [0.3, 0.4) is 0 Å². The van der Waals surface area contributed by atoms with E-state index in [0.717, 1.165) is 107 Å². The lowest BCUT2D eigenvalue weighted by atomic mass is 9.99. The number of nitro benzene ring substituents is 4. The van der Waals surface area contributed by atoms with Crippen molar-refractivity contribution in [2.45, 2.75) is 92.2 Å². The molecule has 3 heterocycles. The van der Waals surface area contributed by atoms with Crippen molar-refractivity contribution in [1.29, 1.82) is 0 Å². The molecule has 0 unspecified atom stereocenters. The number of H-pyrrole nitrogens is 4. The maximum absolute atomic E-state index is 12.6. The molecule has 360 valence electrons. The Balaban J connectivity index is 1.44. The molecule has 2 atom stereocenters. The summed E-state index contributed by atoms with van der Waals surface area (Å²) in [5.74, 6) is 0.730. The number of benzene rings is 6. The van der Waals surface area contributed by atoms with Crippen LogP contribution in [-0.4, -0.2) is 48.8 Å². The van der Waals surface area contributed by atoms with Crippen LogP contribution in [-0.2, 0) is 13.1 Å². The lowest BCUT2D eigenvalue weighted by molar-refractivity contribution is -0.392. The number of aromatic amines is 4. The number of non-ortho nitro benzene ring substituents is 4. The smallest absolute Gasteiger partial charge is 0.299 e. The zero-order valence-corrected chi connectivity index (χ0v) is 39.4. The summed E-state index contributed by atoms with van der Waals surface area (Å²) in [6.07, 6.45) is 8.23. The SMILES string of the molecule is CCCC[C@@H](CC)Cn1c2ccc3cc2c2cc(ccc21)[nH]c1cc([nH]c2ccc4c(c2)c2cc(ccc2n4C[C@@H](CC)CCCC)[nH]c2cc([nH]3)c([N+](=O)[O-])cc2[N+](=O)[O-])c([N+](=O)[O-])cc1[N+](=O)[O-]. The molecule has 9 aromatic rings. The van der Waals surface area contributed by atoms with Crippen molar-refractivity contribution < 1.29 is 19.7 Å². The minimum absolute atomic E-state index is 0.0312. The number of hydrogen-bond acceptors (Lipinski definition) is 8. The maximum atomic E-state index is 12.6. The fourth-order valence-corrected chi connectivity index (χ4v) is 10.0. The van der Waals surface area contributed by atoms with Crippen LogP contribution in [0.1, 0.15) is 79.1 Å². The summed E-state index contributed by atoms with van der Waals surface area (Å²) >= 11 is 0. The van der Waals surface area contributed by atoms with Crippen LogP contribution in [0.2, 0.25) is 0 Å². The van der Waals surface area contributed by atoms with Crippen molar-refractivity contribution in [1.82, 2.24) is 29.1 Å². The first-order chi connectivity index (χ1) is 33.8. The molecule has 0 fully saturated rings. The molecule has 4 N–H and O–H groups in total. The molecule has 0 aliphatic heterocycles. The van der Waals surface area contributed by atoms with Crippen molar-refractivity contribution in [3.8, 4) is 0 Å². The lowest BCUT2D eigenvalue weighted by Crippen LogP contribution is -2.10. The highest BCUT2D eigenvalue weighted by molar-refractivity contribution is 6.12. The van der Waals surface area contributed by atoms with Gasteiger partial charge in [-0.1, -0.05) is 66.2 Å². The molecule has 0 aliphatic carbocycles. The molecule has 6 aromatic carbocycles. The first-order valence-electron chi connectivity index (χ1n) is 23.9. The molecule has 12 bridgehead atoms. The Morgan fingerprint density at radius 3 is 0.914 bits per heavy atom. The number of nitrogens with zero attached hydrogens (tertiary/aromatic N) is 6. The number of nitro groups is 4. The van der Waals surface area contributed by atoms with Crippen LogP contribution in [0.5, 0.6) is 0 Å². The summed E-state index contributed by atoms with van der Waals surface area (Å²) in [5, 5.41) is 53.7. The molecule has 0 saturated carbocycles. The van der Waals surface area contributed by atoms with Crippen molar-refractivity contribution in [2.75, 3.05) is 0 Å². The quantitative estimate of drug-likeness (QED) is 0.0534. The third kappa shape index (κ3) is 8.95. The van der Waals surface area contributed by atoms with E-state index in [9.17, 15) is 40.5 Å². The fraction of sp³-hybridized carbons (Fsp3) is 0.308. The highest BCUT2D eigenvalue weighted by Gasteiger charge is 2.24. The molecular formula is C52H54N10O8. The first-order valence-corrected chi connectivity index (χ1v) is 23.9. The average molecular weight is 947 g/mol. The Hall–Kier alpha value is -8.28. The van der Waals surface area contributed by atoms with Crippen molar-refractivity contribution in [2.24, 2.45) is 11.8 Å². The van der Waals surface area contributed by atoms with Gasteiger partial charge in [0.1, 0.15) is 22.1 Å². The van der Waals surface area contributed by atoms with Gasteiger partial charge in [-0.3, -0.25) is 40.5 Å². The lowest BCUT2D eigenvalue weighted by Gasteiger charge is -2.17. The Bertz CT molecular complexity index is 3280. The summed E-state index contributed by atoms with van der Waals surface area (Å²) in [4.78, 5) is 60.9. The van der Waals surface area contributed by atoms with Crippen LogP contribution in [0.25, 0.3) is 87.7 Å². The van der Waals surface area contributed by atoms with E-state index in [1.165, 1.54) is 12.1 Å². The third-order valence-electron chi connectivity index (χ3n) is 13.8. The van der Waals surface area contributed by atoms with E-state index in [4.69, 9.17) is 0 Å². The standard InChI is InChI=1S/C52H54N10O8/c1-5-9-11-31(7-3)29-57-45-17-13-33-21-37(45)38-22-34(14-18-46(38)57)54-42-26-44(52(62(69)70)28-50(42)60(65)66)56-36-16-20-48-40(24-36)39-23-35(15-19-47(39)58(48)30-32(8-4)12-10-6-2)55-43-25-41(53-33)49(59(63)64)27-51(43)61(67)68/h13-28,31-32,53-56H,5-12,29-30H2,1-4H3/t31-,32+. The molecule has 0 aliphatic rings. The van der Waals surface area contributed by atoms with E-state index in [1.807, 2.05) is 72.8 Å². The first kappa shape index (κ1) is 46.8. The Morgan fingerprint density at radius 1 is 0.414 bits per heavy atom. The Morgan fingerprint density at radius 2 is 0.686 bits per heavy atom. The van der Waals surface area contributed by atoms with Crippen LogP contribution < -0.4 is 0 Å². The predicted octanol–water partition coefficient (Wildman–Crippen LogP) is 14.7. The van der Waals surface area contributed by atoms with Gasteiger partial charge in [-0.25, -0.2) is 0 Å². The van der Waals surface area contributed by atoms with Gasteiger partial charge in [0, 0.05) is 78.8 Å². The molecule has 18 heteroatoms. The second-order valence-corrected chi connectivity index (χ2v) is 18.3. The number of rotatable bonds is 16. The van der Waals surface area contributed by atoms with Gasteiger partial charge < -0.3 is 29.1 Å². The van der Waals surface area contributed by atoms with E-state index >= 15 is 0 Å². The minimum atomic E-state index is -0.647. The van der Waals surface area contributed by atoms with Crippen molar-refractivity contribution >= 4 is 110 Å². The second-order valence-electron chi connectivity index (χ2n) is 18.3. The highest BCUT2D eigenvalue weighted by Crippen LogP contribution is 2.37. The summed E-state index contributed by atoms with van der Waals surface area (Å²) < 4.78 is 4.50. The van der Waals surface area contributed by atoms with E-state index in [1.54, 1.807) is 0 Å². The second kappa shape index (κ2) is 19.4. The zero-order valence-electron chi connectivity index (χ0n) is 39.4. The van der Waals surface area contributed by atoms with Crippen LogP contribution in [0, 0.1) is 52.3 Å². The molecule has 9 rings (SSSR count). The van der Waals surface area contributed by atoms with Crippen LogP contribution in [0.4, 0.5) is 22.7 Å². The number of aromatic nitrogens is 6. The van der Waals surface area contributed by atoms with Gasteiger partial charge in [-0.15, -0.1) is 0 Å². The molecule has 18 nitrogen and oxygen atoms in total. The van der Waals surface area contributed by atoms with Gasteiger partial charge in [0.15, 0.2) is 0 Å². The summed E-state index contributed by atoms with van der Waals surface area (Å²) in [6, 6.07) is 27.2. The number of fused-ring (bicyclic) bond motifs is 8. The van der Waals surface area contributed by atoms with E-state index in [-0.39, 0.29) is 22.1 Å². The average Bonchev–Trinajstić information content (AvgIpc) is 3.80. The Labute approximate surface area is 399 Å². The van der Waals surface area contributed by atoms with Gasteiger partial charge in [0.05, 0.1) is 31.8 Å². The molecule has 0 amide bonds. The zero-order chi connectivity index (χ0) is 49.4. The molecule has 0 radical (unpaired) electrons. The summed E-state index contributed by atoms with van der Waals surface area (Å²) in [7, 11) is 0. The summed E-state index contributed by atoms with van der Waals surface area (Å²) in [6.45, 7) is 10.1. The van der Waals surface area contributed by atoms with Gasteiger partial charge in [-0.2, -0.15) is 0 Å². The van der Waals surface area contributed by atoms with Crippen molar-refractivity contribution in [3.63, 3.8) is 0 Å².